The second kappa shape index (κ2) is 10.6. The Bertz CT molecular complexity index is 467. The van der Waals surface area contributed by atoms with Crippen molar-refractivity contribution in [1.82, 2.24) is 0 Å². The monoisotopic (exact) mass is 394 g/mol. The third kappa shape index (κ3) is 6.77. The Hall–Kier alpha value is -1.06. The second-order valence-corrected chi connectivity index (χ2v) is 10.2. The van der Waals surface area contributed by atoms with E-state index in [4.69, 9.17) is 9.47 Å². The van der Waals surface area contributed by atoms with E-state index in [1.165, 1.54) is 12.8 Å². The molecule has 0 unspecified atom stereocenters. The summed E-state index contributed by atoms with van der Waals surface area (Å²) in [7, 11) is 0. The lowest BCUT2D eigenvalue weighted by molar-refractivity contribution is -0.163. The van der Waals surface area contributed by atoms with Gasteiger partial charge in [0.1, 0.15) is 12.2 Å². The van der Waals surface area contributed by atoms with Crippen molar-refractivity contribution in [3.05, 3.63) is 0 Å². The highest BCUT2D eigenvalue weighted by molar-refractivity contribution is 5.77. The average Bonchev–Trinajstić information content (AvgIpc) is 2.59. The Morgan fingerprint density at radius 2 is 1.07 bits per heavy atom. The molecule has 162 valence electrons. The van der Waals surface area contributed by atoms with Gasteiger partial charge in [0.05, 0.1) is 12.8 Å². The first-order chi connectivity index (χ1) is 13.2. The molecule has 0 N–H and O–H groups in total. The molecule has 0 aromatic carbocycles. The van der Waals surface area contributed by atoms with Crippen molar-refractivity contribution in [2.75, 3.05) is 0 Å². The SMILES string of the molecule is CC(C)[C@H]1CC[C@H](C)C[C@@H]1OC(=O)CCC(=O)O[C@H]1C[C@@H](C)CC[C@H]1C(C)C. The summed E-state index contributed by atoms with van der Waals surface area (Å²) in [6.45, 7) is 13.3. The van der Waals surface area contributed by atoms with Gasteiger partial charge in [-0.15, -0.1) is 0 Å². The Kier molecular flexibility index (Phi) is 8.82. The van der Waals surface area contributed by atoms with Crippen LogP contribution in [0.5, 0.6) is 0 Å². The van der Waals surface area contributed by atoms with Crippen LogP contribution in [0.15, 0.2) is 0 Å². The van der Waals surface area contributed by atoms with E-state index in [1.54, 1.807) is 0 Å². The van der Waals surface area contributed by atoms with Crippen molar-refractivity contribution in [3.63, 3.8) is 0 Å². The van der Waals surface area contributed by atoms with Crippen molar-refractivity contribution in [2.45, 2.75) is 105 Å². The summed E-state index contributed by atoms with van der Waals surface area (Å²) < 4.78 is 11.6. The predicted molar refractivity (Wildman–Crippen MR) is 112 cm³/mol. The first-order valence-electron chi connectivity index (χ1n) is 11.6. The van der Waals surface area contributed by atoms with Crippen LogP contribution in [0, 0.1) is 35.5 Å². The topological polar surface area (TPSA) is 52.6 Å². The number of carbonyl (C=O) groups excluding carboxylic acids is 2. The summed E-state index contributed by atoms with van der Waals surface area (Å²) in [5.41, 5.74) is 0. The van der Waals surface area contributed by atoms with Crippen molar-refractivity contribution in [1.29, 1.82) is 0 Å². The highest BCUT2D eigenvalue weighted by Gasteiger charge is 2.35. The van der Waals surface area contributed by atoms with Crippen LogP contribution in [-0.4, -0.2) is 24.1 Å². The van der Waals surface area contributed by atoms with E-state index in [0.717, 1.165) is 25.7 Å². The molecular formula is C24H42O4. The van der Waals surface area contributed by atoms with Crippen LogP contribution in [0.25, 0.3) is 0 Å². The molecule has 0 heterocycles. The van der Waals surface area contributed by atoms with Gasteiger partial charge in [-0.05, 0) is 61.2 Å². The standard InChI is InChI=1S/C24H42O4/c1-15(2)19-9-7-17(5)13-21(19)27-23(25)11-12-24(26)28-22-14-18(6)8-10-20(22)16(3)4/h15-22H,7-14H2,1-6H3/t17-,18-,19-,20+,21-,22-/m0/s1. The second-order valence-electron chi connectivity index (χ2n) is 10.2. The minimum atomic E-state index is -0.251. The van der Waals surface area contributed by atoms with Gasteiger partial charge in [0, 0.05) is 0 Å². The zero-order valence-electron chi connectivity index (χ0n) is 18.9. The van der Waals surface area contributed by atoms with Gasteiger partial charge in [0.25, 0.3) is 0 Å². The molecule has 2 fully saturated rings. The molecule has 0 radical (unpaired) electrons. The molecular weight excluding hydrogens is 352 g/mol. The number of hydrogen-bond acceptors (Lipinski definition) is 4. The van der Waals surface area contributed by atoms with Gasteiger partial charge in [0.2, 0.25) is 0 Å². The molecule has 2 aliphatic carbocycles. The number of ether oxygens (including phenoxy) is 2. The summed E-state index contributed by atoms with van der Waals surface area (Å²) >= 11 is 0. The summed E-state index contributed by atoms with van der Waals surface area (Å²) in [5.74, 6) is 2.58. The molecule has 0 bridgehead atoms. The summed E-state index contributed by atoms with van der Waals surface area (Å²) in [5, 5.41) is 0. The van der Waals surface area contributed by atoms with E-state index in [2.05, 4.69) is 41.5 Å². The minimum absolute atomic E-state index is 0.00298. The van der Waals surface area contributed by atoms with E-state index in [9.17, 15) is 9.59 Å². The summed E-state index contributed by atoms with van der Waals surface area (Å²) in [6.07, 6.45) is 6.79. The maximum Gasteiger partial charge on any atom is 0.306 e. The van der Waals surface area contributed by atoms with Gasteiger partial charge < -0.3 is 9.47 Å². The molecule has 0 aliphatic heterocycles. The molecule has 2 saturated carbocycles. The van der Waals surface area contributed by atoms with Gasteiger partial charge in [-0.25, -0.2) is 0 Å². The predicted octanol–water partition coefficient (Wildman–Crippen LogP) is 5.77. The highest BCUT2D eigenvalue weighted by Crippen LogP contribution is 2.36. The first-order valence-corrected chi connectivity index (χ1v) is 11.6. The maximum absolute atomic E-state index is 12.4. The minimum Gasteiger partial charge on any atom is -0.462 e. The third-order valence-corrected chi connectivity index (χ3v) is 7.02. The van der Waals surface area contributed by atoms with Gasteiger partial charge in [0.15, 0.2) is 0 Å². The van der Waals surface area contributed by atoms with Crippen molar-refractivity contribution >= 4 is 11.9 Å². The van der Waals surface area contributed by atoms with E-state index in [0.29, 0.717) is 35.5 Å². The summed E-state index contributed by atoms with van der Waals surface area (Å²) in [6, 6.07) is 0. The molecule has 0 aromatic rings. The fraction of sp³-hybridized carbons (Fsp3) is 0.917. The maximum atomic E-state index is 12.4. The van der Waals surface area contributed by atoms with Crippen LogP contribution >= 0.6 is 0 Å². The largest absolute Gasteiger partial charge is 0.462 e. The van der Waals surface area contributed by atoms with Gasteiger partial charge in [-0.1, -0.05) is 54.4 Å². The van der Waals surface area contributed by atoms with Crippen LogP contribution in [-0.2, 0) is 19.1 Å². The van der Waals surface area contributed by atoms with Gasteiger partial charge >= 0.3 is 11.9 Å². The van der Waals surface area contributed by atoms with Crippen LogP contribution in [0.4, 0.5) is 0 Å². The molecule has 28 heavy (non-hydrogen) atoms. The fourth-order valence-electron chi connectivity index (χ4n) is 5.16. The number of carbonyl (C=O) groups is 2. The normalized spacial score (nSPS) is 33.7. The van der Waals surface area contributed by atoms with E-state index in [1.807, 2.05) is 0 Å². The Morgan fingerprint density at radius 1 is 0.714 bits per heavy atom. The highest BCUT2D eigenvalue weighted by atomic mass is 16.6. The number of esters is 2. The fourth-order valence-corrected chi connectivity index (χ4v) is 5.16. The van der Waals surface area contributed by atoms with E-state index < -0.39 is 0 Å². The lowest BCUT2D eigenvalue weighted by Gasteiger charge is -2.37. The Morgan fingerprint density at radius 3 is 1.39 bits per heavy atom. The smallest absolute Gasteiger partial charge is 0.306 e. The van der Waals surface area contributed by atoms with Gasteiger partial charge in [-0.3, -0.25) is 9.59 Å². The van der Waals surface area contributed by atoms with Crippen LogP contribution in [0.1, 0.15) is 92.9 Å². The zero-order chi connectivity index (χ0) is 20.8. The Balaban J connectivity index is 1.80. The van der Waals surface area contributed by atoms with Crippen molar-refractivity contribution < 1.29 is 19.1 Å². The van der Waals surface area contributed by atoms with Crippen molar-refractivity contribution in [2.24, 2.45) is 35.5 Å². The Labute approximate surface area is 172 Å². The molecule has 0 spiro atoms. The van der Waals surface area contributed by atoms with E-state index >= 15 is 0 Å². The lowest BCUT2D eigenvalue weighted by atomic mass is 9.75. The molecule has 2 aliphatic rings. The number of rotatable bonds is 7. The quantitative estimate of drug-likeness (QED) is 0.514. The van der Waals surface area contributed by atoms with Crippen LogP contribution in [0.3, 0.4) is 0 Å². The molecule has 0 saturated heterocycles. The van der Waals surface area contributed by atoms with Gasteiger partial charge in [-0.2, -0.15) is 0 Å². The molecule has 6 atom stereocenters. The molecule has 4 heteroatoms. The van der Waals surface area contributed by atoms with E-state index in [-0.39, 0.29) is 37.0 Å². The van der Waals surface area contributed by atoms with Crippen LogP contribution < -0.4 is 0 Å². The molecule has 0 aromatic heterocycles. The zero-order valence-corrected chi connectivity index (χ0v) is 18.9. The lowest BCUT2D eigenvalue weighted by Crippen LogP contribution is -2.36. The molecule has 0 amide bonds. The number of hydrogen-bond donors (Lipinski definition) is 0. The molecule has 4 nitrogen and oxygen atoms in total. The average molecular weight is 395 g/mol. The van der Waals surface area contributed by atoms with Crippen LogP contribution in [0.2, 0.25) is 0 Å². The third-order valence-electron chi connectivity index (χ3n) is 7.02. The van der Waals surface area contributed by atoms with Crippen molar-refractivity contribution in [3.8, 4) is 0 Å². The molecule has 2 rings (SSSR count). The summed E-state index contributed by atoms with van der Waals surface area (Å²) in [4.78, 5) is 24.8. The first kappa shape index (κ1) is 23.2.